The Bertz CT molecular complexity index is 504. The summed E-state index contributed by atoms with van der Waals surface area (Å²) in [6.45, 7) is 0. The van der Waals surface area contributed by atoms with Crippen molar-refractivity contribution in [3.8, 4) is 0 Å². The largest absolute Gasteiger partial charge is 0.434 e. The van der Waals surface area contributed by atoms with E-state index in [4.69, 9.17) is 16.0 Å². The molecule has 0 fully saturated rings. The molecule has 0 aliphatic carbocycles. The van der Waals surface area contributed by atoms with E-state index in [0.29, 0.717) is 17.3 Å². The summed E-state index contributed by atoms with van der Waals surface area (Å²) >= 11 is 5.84. The molecule has 0 unspecified atom stereocenters. The van der Waals surface area contributed by atoms with Crippen molar-refractivity contribution in [1.29, 1.82) is 0 Å². The maximum atomic E-state index is 10.6. The van der Waals surface area contributed by atoms with Gasteiger partial charge in [0.15, 0.2) is 0 Å². The highest BCUT2D eigenvalue weighted by molar-refractivity contribution is 6.30. The molecule has 78 valence electrons. The first-order valence-electron chi connectivity index (χ1n) is 4.53. The predicted molar refractivity (Wildman–Crippen MR) is 56.0 cm³/mol. The summed E-state index contributed by atoms with van der Waals surface area (Å²) in [6, 6.07) is 7.56. The highest BCUT2D eigenvalue weighted by Gasteiger charge is 2.02. The van der Waals surface area contributed by atoms with Crippen LogP contribution in [0, 0.1) is 0 Å². The predicted octanol–water partition coefficient (Wildman–Crippen LogP) is 1.80. The first-order valence-corrected chi connectivity index (χ1v) is 4.91. The third kappa shape index (κ3) is 2.70. The van der Waals surface area contributed by atoms with Crippen LogP contribution in [-0.4, -0.2) is 10.2 Å². The summed E-state index contributed by atoms with van der Waals surface area (Å²) in [6.07, 6.45) is 1.33. The van der Waals surface area contributed by atoms with Crippen molar-refractivity contribution in [2.75, 3.05) is 0 Å². The summed E-state index contributed by atoms with van der Waals surface area (Å²) in [5.74, 6) is -0.101. The van der Waals surface area contributed by atoms with Crippen molar-refractivity contribution >= 4 is 11.6 Å². The summed E-state index contributed by atoms with van der Waals surface area (Å²) in [4.78, 5) is 10.6. The first-order chi connectivity index (χ1) is 7.24. The minimum atomic E-state index is -0.518. The van der Waals surface area contributed by atoms with Gasteiger partial charge in [-0.15, -0.1) is 5.10 Å². The SMILES string of the molecule is O=c1[nH]nc(CCc2cccc(Cl)c2)o1. The summed E-state index contributed by atoms with van der Waals surface area (Å²) in [5, 5.41) is 6.64. The van der Waals surface area contributed by atoms with Crippen LogP contribution >= 0.6 is 11.6 Å². The number of halogens is 1. The molecule has 1 aromatic heterocycles. The van der Waals surface area contributed by atoms with Crippen molar-refractivity contribution in [1.82, 2.24) is 10.2 Å². The Kier molecular flexibility index (Phi) is 2.87. The molecule has 0 amide bonds. The second kappa shape index (κ2) is 4.31. The second-order valence-corrected chi connectivity index (χ2v) is 3.57. The van der Waals surface area contributed by atoms with E-state index in [1.807, 2.05) is 24.3 Å². The molecular formula is C10H9ClN2O2. The molecule has 0 saturated carbocycles. The number of hydrogen-bond donors (Lipinski definition) is 1. The van der Waals surface area contributed by atoms with E-state index in [0.717, 1.165) is 12.0 Å². The fourth-order valence-corrected chi connectivity index (χ4v) is 1.52. The lowest BCUT2D eigenvalue weighted by Gasteiger charge is -1.98. The monoisotopic (exact) mass is 224 g/mol. The zero-order valence-electron chi connectivity index (χ0n) is 7.87. The number of H-pyrrole nitrogens is 1. The van der Waals surface area contributed by atoms with Crippen molar-refractivity contribution in [3.05, 3.63) is 51.3 Å². The molecule has 0 aliphatic rings. The van der Waals surface area contributed by atoms with Gasteiger partial charge in [0, 0.05) is 11.4 Å². The van der Waals surface area contributed by atoms with Gasteiger partial charge in [0.2, 0.25) is 5.89 Å². The van der Waals surface area contributed by atoms with Crippen LogP contribution in [0.5, 0.6) is 0 Å². The average Bonchev–Trinajstić information content (AvgIpc) is 2.62. The van der Waals surface area contributed by atoms with Crippen LogP contribution in [0.25, 0.3) is 0 Å². The van der Waals surface area contributed by atoms with Crippen molar-refractivity contribution in [2.24, 2.45) is 0 Å². The number of rotatable bonds is 3. The van der Waals surface area contributed by atoms with Crippen molar-refractivity contribution in [3.63, 3.8) is 0 Å². The average molecular weight is 225 g/mol. The molecule has 0 spiro atoms. The molecular weight excluding hydrogens is 216 g/mol. The molecule has 0 radical (unpaired) electrons. The molecule has 1 aromatic carbocycles. The zero-order valence-corrected chi connectivity index (χ0v) is 8.62. The lowest BCUT2D eigenvalue weighted by molar-refractivity contribution is 0.461. The Morgan fingerprint density at radius 1 is 1.40 bits per heavy atom. The van der Waals surface area contributed by atoms with Crippen LogP contribution in [0.3, 0.4) is 0 Å². The number of nitrogens with one attached hydrogen (secondary N) is 1. The minimum Gasteiger partial charge on any atom is -0.392 e. The van der Waals surface area contributed by atoms with E-state index in [1.165, 1.54) is 0 Å². The number of aromatic amines is 1. The molecule has 0 atom stereocenters. The maximum Gasteiger partial charge on any atom is 0.434 e. The molecule has 15 heavy (non-hydrogen) atoms. The highest BCUT2D eigenvalue weighted by atomic mass is 35.5. The van der Waals surface area contributed by atoms with Crippen LogP contribution in [0.1, 0.15) is 11.5 Å². The summed E-state index contributed by atoms with van der Waals surface area (Å²) < 4.78 is 4.78. The smallest absolute Gasteiger partial charge is 0.392 e. The zero-order chi connectivity index (χ0) is 10.7. The molecule has 2 aromatic rings. The quantitative estimate of drug-likeness (QED) is 0.865. The van der Waals surface area contributed by atoms with E-state index in [1.54, 1.807) is 0 Å². The first kappa shape index (κ1) is 9.98. The summed E-state index contributed by atoms with van der Waals surface area (Å²) in [7, 11) is 0. The van der Waals surface area contributed by atoms with E-state index >= 15 is 0 Å². The molecule has 2 rings (SSSR count). The number of hydrogen-bond acceptors (Lipinski definition) is 3. The van der Waals surface area contributed by atoms with Gasteiger partial charge in [-0.3, -0.25) is 0 Å². The molecule has 1 N–H and O–H groups in total. The Morgan fingerprint density at radius 3 is 2.93 bits per heavy atom. The van der Waals surface area contributed by atoms with Crippen LogP contribution in [0.15, 0.2) is 33.5 Å². The number of aromatic nitrogens is 2. The normalized spacial score (nSPS) is 10.5. The third-order valence-electron chi connectivity index (χ3n) is 2.00. The van der Waals surface area contributed by atoms with Crippen LogP contribution in [0.2, 0.25) is 5.02 Å². The molecule has 0 saturated heterocycles. The van der Waals surface area contributed by atoms with Gasteiger partial charge in [0.1, 0.15) is 0 Å². The van der Waals surface area contributed by atoms with Gasteiger partial charge >= 0.3 is 5.76 Å². The van der Waals surface area contributed by atoms with Crippen LogP contribution in [-0.2, 0) is 12.8 Å². The Morgan fingerprint density at radius 2 is 2.27 bits per heavy atom. The standard InChI is InChI=1S/C10H9ClN2O2/c11-8-3-1-2-7(6-8)4-5-9-12-13-10(14)15-9/h1-3,6H,4-5H2,(H,13,14). The Hall–Kier alpha value is -1.55. The maximum absolute atomic E-state index is 10.6. The number of nitrogens with zero attached hydrogens (tertiary/aromatic N) is 1. The van der Waals surface area contributed by atoms with E-state index in [2.05, 4.69) is 10.2 Å². The molecule has 5 heteroatoms. The van der Waals surface area contributed by atoms with Gasteiger partial charge in [0.05, 0.1) is 0 Å². The van der Waals surface area contributed by atoms with E-state index in [9.17, 15) is 4.79 Å². The van der Waals surface area contributed by atoms with Crippen molar-refractivity contribution < 1.29 is 4.42 Å². The highest BCUT2D eigenvalue weighted by Crippen LogP contribution is 2.12. The second-order valence-electron chi connectivity index (χ2n) is 3.14. The van der Waals surface area contributed by atoms with E-state index in [-0.39, 0.29) is 0 Å². The van der Waals surface area contributed by atoms with Gasteiger partial charge in [-0.2, -0.15) is 0 Å². The fourth-order valence-electron chi connectivity index (χ4n) is 1.31. The summed E-state index contributed by atoms with van der Waals surface area (Å²) in [5.41, 5.74) is 1.09. The van der Waals surface area contributed by atoms with Gasteiger partial charge < -0.3 is 4.42 Å². The Labute approximate surface area is 90.9 Å². The number of benzene rings is 1. The van der Waals surface area contributed by atoms with Crippen molar-refractivity contribution in [2.45, 2.75) is 12.8 Å². The third-order valence-corrected chi connectivity index (χ3v) is 2.23. The molecule has 0 aliphatic heterocycles. The molecule has 4 nitrogen and oxygen atoms in total. The van der Waals surface area contributed by atoms with Gasteiger partial charge in [0.25, 0.3) is 0 Å². The van der Waals surface area contributed by atoms with Crippen LogP contribution in [0.4, 0.5) is 0 Å². The number of aryl methyl sites for hydroxylation is 2. The fraction of sp³-hybridized carbons (Fsp3) is 0.200. The van der Waals surface area contributed by atoms with E-state index < -0.39 is 5.76 Å². The topological polar surface area (TPSA) is 58.9 Å². The lowest BCUT2D eigenvalue weighted by atomic mass is 10.1. The lowest BCUT2D eigenvalue weighted by Crippen LogP contribution is -1.94. The van der Waals surface area contributed by atoms with Gasteiger partial charge in [-0.05, 0) is 24.1 Å². The van der Waals surface area contributed by atoms with Crippen LogP contribution < -0.4 is 5.76 Å². The van der Waals surface area contributed by atoms with Gasteiger partial charge in [-0.1, -0.05) is 23.7 Å². The van der Waals surface area contributed by atoms with Gasteiger partial charge in [-0.25, -0.2) is 9.89 Å². The Balaban J connectivity index is 2.02. The molecule has 0 bridgehead atoms. The minimum absolute atomic E-state index is 0.417. The molecule has 1 heterocycles.